The van der Waals surface area contributed by atoms with Crippen molar-refractivity contribution >= 4 is 33.3 Å². The monoisotopic (exact) mass is 462 g/mol. The Morgan fingerprint density at radius 1 is 0.485 bits per heavy atom. The largest absolute Gasteiger partial charge is 0.125 e. The molecule has 0 aliphatic carbocycles. The lowest BCUT2D eigenvalue weighted by molar-refractivity contribution is 0.532. The first-order valence-corrected chi connectivity index (χ1v) is 14.9. The molecule has 0 aromatic heterocycles. The number of unbranched alkanes of at least 4 members (excludes halogenated alkanes) is 15. The Kier molecular flexibility index (Phi) is 12.8. The molecule has 180 valence electrons. The molecule has 0 unspecified atom stereocenters. The molecule has 0 radical (unpaired) electrons. The minimum Gasteiger partial charge on any atom is -0.125 e. The molecule has 0 fully saturated rings. The molecule has 3 rings (SSSR count). The fourth-order valence-electron chi connectivity index (χ4n) is 4.95. The lowest BCUT2D eigenvalue weighted by Gasteiger charge is -2.11. The zero-order valence-electron chi connectivity index (χ0n) is 21.1. The van der Waals surface area contributed by atoms with Gasteiger partial charge in [0.2, 0.25) is 0 Å². The number of fused-ring (bicyclic) bond motifs is 2. The van der Waals surface area contributed by atoms with Crippen molar-refractivity contribution < 1.29 is 0 Å². The van der Waals surface area contributed by atoms with E-state index in [9.17, 15) is 0 Å². The summed E-state index contributed by atoms with van der Waals surface area (Å²) in [5.41, 5.74) is 0. The zero-order valence-corrected chi connectivity index (χ0v) is 21.9. The number of hydrogen-bond donors (Lipinski definition) is 0. The van der Waals surface area contributed by atoms with Gasteiger partial charge in [-0.25, -0.2) is 0 Å². The summed E-state index contributed by atoms with van der Waals surface area (Å²) < 4.78 is 0. The average Bonchev–Trinajstić information content (AvgIpc) is 2.85. The minimum atomic E-state index is 1.23. The van der Waals surface area contributed by atoms with Crippen LogP contribution in [0.1, 0.15) is 110 Å². The molecule has 0 heterocycles. The van der Waals surface area contributed by atoms with E-state index in [2.05, 4.69) is 73.3 Å². The van der Waals surface area contributed by atoms with Crippen LogP contribution < -0.4 is 0 Å². The van der Waals surface area contributed by atoms with E-state index in [1.165, 1.54) is 135 Å². The molecule has 0 saturated heterocycles. The summed E-state index contributed by atoms with van der Waals surface area (Å²) in [7, 11) is 0. The van der Waals surface area contributed by atoms with Crippen LogP contribution in [-0.2, 0) is 0 Å². The van der Waals surface area contributed by atoms with Crippen molar-refractivity contribution in [2.45, 2.75) is 115 Å². The maximum Gasteiger partial charge on any atom is 0.0229 e. The number of benzene rings is 3. The fourth-order valence-corrected chi connectivity index (χ4v) is 6.19. The molecule has 3 aromatic rings. The molecule has 3 aromatic carbocycles. The van der Waals surface area contributed by atoms with E-state index in [1.807, 2.05) is 0 Å². The van der Waals surface area contributed by atoms with Crippen molar-refractivity contribution in [2.24, 2.45) is 0 Å². The molecule has 0 saturated carbocycles. The Balaban J connectivity index is 1.22. The van der Waals surface area contributed by atoms with E-state index < -0.39 is 0 Å². The van der Waals surface area contributed by atoms with Gasteiger partial charge in [-0.3, -0.25) is 0 Å². The van der Waals surface area contributed by atoms with Gasteiger partial charge in [-0.05, 0) is 39.8 Å². The second-order valence-corrected chi connectivity index (χ2v) is 10.9. The van der Waals surface area contributed by atoms with Gasteiger partial charge in [0, 0.05) is 4.90 Å². The van der Waals surface area contributed by atoms with Gasteiger partial charge in [-0.15, -0.1) is 11.8 Å². The Bertz CT molecular complexity index is 859. The van der Waals surface area contributed by atoms with Crippen molar-refractivity contribution in [1.29, 1.82) is 0 Å². The van der Waals surface area contributed by atoms with Crippen LogP contribution in [0.4, 0.5) is 0 Å². The first-order valence-electron chi connectivity index (χ1n) is 13.9. The fraction of sp³-hybridized carbons (Fsp3) is 0.562. The van der Waals surface area contributed by atoms with E-state index in [4.69, 9.17) is 0 Å². The summed E-state index contributed by atoms with van der Waals surface area (Å²) in [6.45, 7) is 2.30. The maximum absolute atomic E-state index is 2.34. The molecule has 0 bridgehead atoms. The molecule has 0 aliphatic heterocycles. The van der Waals surface area contributed by atoms with Crippen molar-refractivity contribution in [3.05, 3.63) is 54.6 Å². The van der Waals surface area contributed by atoms with Crippen LogP contribution in [0.25, 0.3) is 21.5 Å². The van der Waals surface area contributed by atoms with Gasteiger partial charge in [0.1, 0.15) is 0 Å². The summed E-state index contributed by atoms with van der Waals surface area (Å²) in [5.74, 6) is 1.23. The highest BCUT2D eigenvalue weighted by molar-refractivity contribution is 7.99. The summed E-state index contributed by atoms with van der Waals surface area (Å²) in [5, 5.41) is 5.56. The zero-order chi connectivity index (χ0) is 23.0. The van der Waals surface area contributed by atoms with E-state index in [1.54, 1.807) is 0 Å². The second-order valence-electron chi connectivity index (χ2n) is 9.80. The van der Waals surface area contributed by atoms with E-state index in [0.29, 0.717) is 0 Å². The third kappa shape index (κ3) is 9.36. The number of hydrogen-bond acceptors (Lipinski definition) is 1. The predicted molar refractivity (Wildman–Crippen MR) is 152 cm³/mol. The smallest absolute Gasteiger partial charge is 0.0229 e. The van der Waals surface area contributed by atoms with Crippen LogP contribution in [0, 0.1) is 0 Å². The molecule has 0 amide bonds. The second kappa shape index (κ2) is 16.2. The van der Waals surface area contributed by atoms with Gasteiger partial charge in [0.05, 0.1) is 0 Å². The van der Waals surface area contributed by atoms with E-state index in [0.717, 1.165) is 0 Å². The quantitative estimate of drug-likeness (QED) is 0.103. The Morgan fingerprint density at radius 3 is 1.33 bits per heavy atom. The average molecular weight is 463 g/mol. The third-order valence-electron chi connectivity index (χ3n) is 6.97. The molecule has 0 N–H and O–H groups in total. The molecular weight excluding hydrogens is 416 g/mol. The van der Waals surface area contributed by atoms with Crippen LogP contribution in [0.5, 0.6) is 0 Å². The van der Waals surface area contributed by atoms with Gasteiger partial charge < -0.3 is 0 Å². The molecule has 33 heavy (non-hydrogen) atoms. The topological polar surface area (TPSA) is 0 Å². The van der Waals surface area contributed by atoms with Crippen molar-refractivity contribution in [3.8, 4) is 0 Å². The first-order chi connectivity index (χ1) is 16.4. The van der Waals surface area contributed by atoms with E-state index >= 15 is 0 Å². The lowest BCUT2D eigenvalue weighted by atomic mass is 10.0. The van der Waals surface area contributed by atoms with Crippen molar-refractivity contribution in [2.75, 3.05) is 5.75 Å². The van der Waals surface area contributed by atoms with Crippen LogP contribution in [0.2, 0.25) is 0 Å². The highest BCUT2D eigenvalue weighted by Gasteiger charge is 2.07. The molecule has 0 nitrogen and oxygen atoms in total. The van der Waals surface area contributed by atoms with Crippen LogP contribution >= 0.6 is 11.8 Å². The normalized spacial score (nSPS) is 11.5. The van der Waals surface area contributed by atoms with Crippen LogP contribution in [0.3, 0.4) is 0 Å². The third-order valence-corrected chi connectivity index (χ3v) is 8.19. The predicted octanol–water partition coefficient (Wildman–Crippen LogP) is 11.3. The van der Waals surface area contributed by atoms with E-state index in [-0.39, 0.29) is 0 Å². The van der Waals surface area contributed by atoms with Gasteiger partial charge in [-0.1, -0.05) is 152 Å². The summed E-state index contributed by atoms with van der Waals surface area (Å²) in [4.78, 5) is 1.48. The molecule has 0 aliphatic rings. The number of rotatable bonds is 18. The minimum absolute atomic E-state index is 1.23. The van der Waals surface area contributed by atoms with Crippen molar-refractivity contribution in [1.82, 2.24) is 0 Å². The standard InChI is InChI=1S/C32H46S/c1-2-3-4-5-6-7-8-9-10-11-12-13-14-15-16-21-26-33-32-30-24-19-17-22-28(30)27-29-23-18-20-25-31(29)32/h17-20,22-25,27H,2-16,21,26H2,1H3. The summed E-state index contributed by atoms with van der Waals surface area (Å²) >= 11 is 2.07. The van der Waals surface area contributed by atoms with Gasteiger partial charge in [0.15, 0.2) is 0 Å². The Labute approximate surface area is 207 Å². The SMILES string of the molecule is CCCCCCCCCCCCCCCCCCSc1c2ccccc2cc2ccccc12. The van der Waals surface area contributed by atoms with Gasteiger partial charge in [-0.2, -0.15) is 0 Å². The molecule has 1 heteroatoms. The van der Waals surface area contributed by atoms with Gasteiger partial charge >= 0.3 is 0 Å². The Hall–Kier alpha value is -1.47. The van der Waals surface area contributed by atoms with Crippen LogP contribution in [-0.4, -0.2) is 5.75 Å². The molecular formula is C32H46S. The summed E-state index contributed by atoms with van der Waals surface area (Å²) in [6, 6.07) is 20.1. The Morgan fingerprint density at radius 2 is 0.879 bits per heavy atom. The van der Waals surface area contributed by atoms with Crippen molar-refractivity contribution in [3.63, 3.8) is 0 Å². The summed E-state index contributed by atoms with van der Waals surface area (Å²) in [6.07, 6.45) is 23.0. The molecule has 0 spiro atoms. The highest BCUT2D eigenvalue weighted by Crippen LogP contribution is 2.36. The highest BCUT2D eigenvalue weighted by atomic mass is 32.2. The van der Waals surface area contributed by atoms with Gasteiger partial charge in [0.25, 0.3) is 0 Å². The molecule has 0 atom stereocenters. The lowest BCUT2D eigenvalue weighted by Crippen LogP contribution is -1.87. The number of thioether (sulfide) groups is 1. The first kappa shape index (κ1) is 26.1. The van der Waals surface area contributed by atoms with Crippen LogP contribution in [0.15, 0.2) is 59.5 Å². The maximum atomic E-state index is 2.34.